The highest BCUT2D eigenvalue weighted by molar-refractivity contribution is 6.32. The van der Waals surface area contributed by atoms with Crippen LogP contribution in [0.2, 0.25) is 5.02 Å². The van der Waals surface area contributed by atoms with Crippen LogP contribution >= 0.6 is 11.6 Å². The molecular weight excluding hydrogens is 176 g/mol. The van der Waals surface area contributed by atoms with E-state index in [-0.39, 0.29) is 5.75 Å². The number of halogens is 1. The van der Waals surface area contributed by atoms with Crippen LogP contribution in [0.3, 0.4) is 0 Å². The molecule has 12 heavy (non-hydrogen) atoms. The molecule has 0 aliphatic rings. The molecule has 1 rings (SSSR count). The fourth-order valence-corrected chi connectivity index (χ4v) is 0.990. The molecule has 0 aliphatic heterocycles. The summed E-state index contributed by atoms with van der Waals surface area (Å²) in [6, 6.07) is 5.06. The molecule has 0 amide bonds. The van der Waals surface area contributed by atoms with Crippen molar-refractivity contribution in [2.24, 2.45) is 0 Å². The van der Waals surface area contributed by atoms with E-state index in [0.29, 0.717) is 17.4 Å². The molecule has 0 aliphatic carbocycles. The maximum Gasteiger partial charge on any atom is 0.176 e. The molecule has 1 N–H and O–H groups in total. The molecule has 0 saturated heterocycles. The average Bonchev–Trinajstić information content (AvgIpc) is 2.08. The van der Waals surface area contributed by atoms with Gasteiger partial charge in [0.1, 0.15) is 0 Å². The van der Waals surface area contributed by atoms with Crippen LogP contribution in [0.1, 0.15) is 13.3 Å². The Balaban J connectivity index is 2.78. The minimum absolute atomic E-state index is 0.0209. The van der Waals surface area contributed by atoms with Crippen molar-refractivity contribution >= 4 is 11.6 Å². The van der Waals surface area contributed by atoms with Gasteiger partial charge in [-0.2, -0.15) is 0 Å². The van der Waals surface area contributed by atoms with E-state index in [0.717, 1.165) is 6.42 Å². The molecule has 0 unspecified atom stereocenters. The molecule has 0 radical (unpaired) electrons. The lowest BCUT2D eigenvalue weighted by atomic mass is 10.3. The number of hydrogen-bond acceptors (Lipinski definition) is 2. The first-order valence-electron chi connectivity index (χ1n) is 3.86. The lowest BCUT2D eigenvalue weighted by molar-refractivity contribution is 0.299. The third kappa shape index (κ3) is 2.05. The van der Waals surface area contributed by atoms with E-state index < -0.39 is 0 Å². The van der Waals surface area contributed by atoms with E-state index in [2.05, 4.69) is 0 Å². The summed E-state index contributed by atoms with van der Waals surface area (Å²) in [7, 11) is 0. The Morgan fingerprint density at radius 3 is 2.92 bits per heavy atom. The van der Waals surface area contributed by atoms with E-state index in [1.165, 1.54) is 0 Å². The molecule has 1 aromatic rings. The van der Waals surface area contributed by atoms with E-state index >= 15 is 0 Å². The van der Waals surface area contributed by atoms with Crippen molar-refractivity contribution in [3.8, 4) is 11.5 Å². The molecule has 0 fully saturated rings. The van der Waals surface area contributed by atoms with Gasteiger partial charge in [0.05, 0.1) is 11.6 Å². The molecule has 1 aromatic carbocycles. The molecule has 0 aromatic heterocycles. The van der Waals surface area contributed by atoms with Crippen LogP contribution in [0.15, 0.2) is 18.2 Å². The second-order valence-electron chi connectivity index (χ2n) is 2.44. The van der Waals surface area contributed by atoms with E-state index in [4.69, 9.17) is 16.3 Å². The van der Waals surface area contributed by atoms with Crippen LogP contribution in [0.4, 0.5) is 0 Å². The highest BCUT2D eigenvalue weighted by Crippen LogP contribution is 2.32. The zero-order valence-electron chi connectivity index (χ0n) is 6.88. The number of ether oxygens (including phenoxy) is 1. The number of rotatable bonds is 3. The number of phenols is 1. The molecule has 3 heteroatoms. The summed E-state index contributed by atoms with van der Waals surface area (Å²) in [6.07, 6.45) is 0.909. The lowest BCUT2D eigenvalue weighted by Crippen LogP contribution is -1.94. The topological polar surface area (TPSA) is 29.5 Å². The minimum Gasteiger partial charge on any atom is -0.503 e. The summed E-state index contributed by atoms with van der Waals surface area (Å²) in [6.45, 7) is 2.59. The largest absolute Gasteiger partial charge is 0.503 e. The first kappa shape index (κ1) is 9.20. The molecule has 2 nitrogen and oxygen atoms in total. The second kappa shape index (κ2) is 4.21. The number of hydrogen-bond donors (Lipinski definition) is 1. The highest BCUT2D eigenvalue weighted by Gasteiger charge is 2.04. The van der Waals surface area contributed by atoms with Gasteiger partial charge in [0.25, 0.3) is 0 Å². The van der Waals surface area contributed by atoms with E-state index in [9.17, 15) is 5.11 Å². The van der Waals surface area contributed by atoms with Crippen LogP contribution in [0, 0.1) is 0 Å². The fourth-order valence-electron chi connectivity index (χ4n) is 0.824. The molecule has 0 heterocycles. The van der Waals surface area contributed by atoms with Gasteiger partial charge in [-0.05, 0) is 18.6 Å². The Morgan fingerprint density at radius 2 is 2.25 bits per heavy atom. The number of benzene rings is 1. The van der Waals surface area contributed by atoms with Crippen LogP contribution < -0.4 is 4.74 Å². The minimum atomic E-state index is 0.0209. The Labute approximate surface area is 76.7 Å². The number of aromatic hydroxyl groups is 1. The van der Waals surface area contributed by atoms with Gasteiger partial charge in [0, 0.05) is 0 Å². The standard InChI is InChI=1S/C9H11ClO2/c1-2-6-12-8-5-3-4-7(10)9(8)11/h3-5,11H,2,6H2,1H3. The highest BCUT2D eigenvalue weighted by atomic mass is 35.5. The van der Waals surface area contributed by atoms with Crippen molar-refractivity contribution in [2.75, 3.05) is 6.61 Å². The van der Waals surface area contributed by atoms with Crippen LogP contribution in [0.5, 0.6) is 11.5 Å². The van der Waals surface area contributed by atoms with Crippen LogP contribution in [0.25, 0.3) is 0 Å². The normalized spacial score (nSPS) is 9.83. The summed E-state index contributed by atoms with van der Waals surface area (Å²) in [5, 5.41) is 9.69. The lowest BCUT2D eigenvalue weighted by Gasteiger charge is -2.06. The summed E-state index contributed by atoms with van der Waals surface area (Å²) in [5.41, 5.74) is 0. The van der Waals surface area contributed by atoms with Gasteiger partial charge in [0.2, 0.25) is 0 Å². The molecule has 0 saturated carbocycles. The molecular formula is C9H11ClO2. The van der Waals surface area contributed by atoms with E-state index in [1.807, 2.05) is 6.92 Å². The van der Waals surface area contributed by atoms with Gasteiger partial charge in [-0.1, -0.05) is 24.6 Å². The van der Waals surface area contributed by atoms with Gasteiger partial charge in [0.15, 0.2) is 11.5 Å². The van der Waals surface area contributed by atoms with Gasteiger partial charge >= 0.3 is 0 Å². The van der Waals surface area contributed by atoms with Gasteiger partial charge < -0.3 is 9.84 Å². The van der Waals surface area contributed by atoms with Gasteiger partial charge in [-0.25, -0.2) is 0 Å². The molecule has 66 valence electrons. The Kier molecular flexibility index (Phi) is 3.23. The summed E-state index contributed by atoms with van der Waals surface area (Å²) >= 11 is 5.66. The predicted octanol–water partition coefficient (Wildman–Crippen LogP) is 2.83. The second-order valence-corrected chi connectivity index (χ2v) is 2.84. The SMILES string of the molecule is CCCOc1cccc(Cl)c1O. The molecule has 0 spiro atoms. The first-order chi connectivity index (χ1) is 5.75. The van der Waals surface area contributed by atoms with Gasteiger partial charge in [-0.3, -0.25) is 0 Å². The van der Waals surface area contributed by atoms with E-state index in [1.54, 1.807) is 18.2 Å². The third-order valence-electron chi connectivity index (χ3n) is 1.41. The summed E-state index contributed by atoms with van der Waals surface area (Å²) in [5.74, 6) is 0.469. The summed E-state index contributed by atoms with van der Waals surface area (Å²) < 4.78 is 5.23. The third-order valence-corrected chi connectivity index (χ3v) is 1.72. The smallest absolute Gasteiger partial charge is 0.176 e. The number of para-hydroxylation sites is 1. The van der Waals surface area contributed by atoms with Gasteiger partial charge in [-0.15, -0.1) is 0 Å². The van der Waals surface area contributed by atoms with Crippen molar-refractivity contribution < 1.29 is 9.84 Å². The Hall–Kier alpha value is -0.890. The maximum atomic E-state index is 9.37. The predicted molar refractivity (Wildman–Crippen MR) is 48.9 cm³/mol. The maximum absolute atomic E-state index is 9.37. The van der Waals surface area contributed by atoms with Crippen molar-refractivity contribution in [1.82, 2.24) is 0 Å². The van der Waals surface area contributed by atoms with Crippen molar-refractivity contribution in [1.29, 1.82) is 0 Å². The average molecular weight is 187 g/mol. The van der Waals surface area contributed by atoms with Crippen molar-refractivity contribution in [3.05, 3.63) is 23.2 Å². The summed E-state index contributed by atoms with van der Waals surface area (Å²) in [4.78, 5) is 0. The zero-order valence-corrected chi connectivity index (χ0v) is 7.64. The van der Waals surface area contributed by atoms with Crippen molar-refractivity contribution in [2.45, 2.75) is 13.3 Å². The van der Waals surface area contributed by atoms with Crippen LogP contribution in [-0.2, 0) is 0 Å². The first-order valence-corrected chi connectivity index (χ1v) is 4.23. The molecule has 0 bridgehead atoms. The Bertz CT molecular complexity index is 261. The quantitative estimate of drug-likeness (QED) is 0.787. The van der Waals surface area contributed by atoms with Crippen LogP contribution in [-0.4, -0.2) is 11.7 Å². The zero-order chi connectivity index (χ0) is 8.97. The Morgan fingerprint density at radius 1 is 1.50 bits per heavy atom. The fraction of sp³-hybridized carbons (Fsp3) is 0.333. The van der Waals surface area contributed by atoms with Crippen molar-refractivity contribution in [3.63, 3.8) is 0 Å². The number of phenolic OH excluding ortho intramolecular Hbond substituents is 1. The monoisotopic (exact) mass is 186 g/mol. The molecule has 0 atom stereocenters.